The minimum absolute atomic E-state index is 0. The number of aromatic nitrogens is 2. The van der Waals surface area contributed by atoms with Crippen molar-refractivity contribution in [2.75, 3.05) is 31.6 Å². The van der Waals surface area contributed by atoms with Crippen LogP contribution in [0.4, 0.5) is 5.82 Å². The van der Waals surface area contributed by atoms with Crippen molar-refractivity contribution in [1.82, 2.24) is 15.3 Å². The highest BCUT2D eigenvalue weighted by atomic mass is 35.5. The van der Waals surface area contributed by atoms with Gasteiger partial charge in [0.15, 0.2) is 0 Å². The molecule has 0 saturated carbocycles. The second kappa shape index (κ2) is 8.11. The van der Waals surface area contributed by atoms with Crippen molar-refractivity contribution < 1.29 is 4.74 Å². The van der Waals surface area contributed by atoms with E-state index in [0.717, 1.165) is 25.5 Å². The third-order valence-corrected chi connectivity index (χ3v) is 2.84. The van der Waals surface area contributed by atoms with Gasteiger partial charge in [-0.2, -0.15) is 4.98 Å². The number of nitrogens with zero attached hydrogens (tertiary/aromatic N) is 2. The minimum atomic E-state index is 0. The van der Waals surface area contributed by atoms with Crippen LogP contribution in [0.1, 0.15) is 19.8 Å². The Hall–Kier alpha value is -1.07. The van der Waals surface area contributed by atoms with Gasteiger partial charge in [-0.05, 0) is 32.4 Å². The number of hydrogen-bond acceptors (Lipinski definition) is 5. The van der Waals surface area contributed by atoms with Crippen LogP contribution in [-0.4, -0.2) is 36.2 Å². The van der Waals surface area contributed by atoms with E-state index >= 15 is 0 Å². The Morgan fingerprint density at radius 2 is 2.44 bits per heavy atom. The molecule has 1 aliphatic rings. The van der Waals surface area contributed by atoms with Crippen molar-refractivity contribution in [2.45, 2.75) is 19.8 Å². The van der Waals surface area contributed by atoms with E-state index in [9.17, 15) is 0 Å². The smallest absolute Gasteiger partial charge is 0.318 e. The summed E-state index contributed by atoms with van der Waals surface area (Å²) in [6.07, 6.45) is 4.17. The van der Waals surface area contributed by atoms with E-state index in [4.69, 9.17) is 4.74 Å². The summed E-state index contributed by atoms with van der Waals surface area (Å²) in [7, 11) is 0. The largest absolute Gasteiger partial charge is 0.463 e. The summed E-state index contributed by atoms with van der Waals surface area (Å²) in [6.45, 7) is 5.75. The zero-order valence-electron chi connectivity index (χ0n) is 10.7. The molecule has 0 radical (unpaired) electrons. The third kappa shape index (κ3) is 4.66. The molecule has 1 aliphatic heterocycles. The van der Waals surface area contributed by atoms with Crippen LogP contribution in [0.5, 0.6) is 6.01 Å². The normalized spacial score (nSPS) is 18.8. The monoisotopic (exact) mass is 272 g/mol. The van der Waals surface area contributed by atoms with Gasteiger partial charge >= 0.3 is 6.01 Å². The molecule has 18 heavy (non-hydrogen) atoms. The van der Waals surface area contributed by atoms with Gasteiger partial charge in [-0.3, -0.25) is 0 Å². The van der Waals surface area contributed by atoms with Gasteiger partial charge in [0.05, 0.1) is 6.61 Å². The minimum Gasteiger partial charge on any atom is -0.463 e. The van der Waals surface area contributed by atoms with Crippen molar-refractivity contribution in [2.24, 2.45) is 5.92 Å². The number of anilines is 1. The van der Waals surface area contributed by atoms with E-state index in [1.807, 2.05) is 13.0 Å². The number of piperidine rings is 1. The van der Waals surface area contributed by atoms with Gasteiger partial charge in [0.2, 0.25) is 0 Å². The van der Waals surface area contributed by atoms with E-state index in [2.05, 4.69) is 20.6 Å². The molecule has 1 unspecified atom stereocenters. The molecule has 0 amide bonds. The first-order chi connectivity index (χ1) is 8.38. The molecule has 6 heteroatoms. The predicted octanol–water partition coefficient (Wildman–Crippen LogP) is 1.71. The zero-order valence-corrected chi connectivity index (χ0v) is 11.5. The van der Waals surface area contributed by atoms with E-state index in [-0.39, 0.29) is 12.4 Å². The van der Waals surface area contributed by atoms with Gasteiger partial charge in [-0.15, -0.1) is 12.4 Å². The lowest BCUT2D eigenvalue weighted by Gasteiger charge is -2.22. The second-order valence-corrected chi connectivity index (χ2v) is 4.28. The van der Waals surface area contributed by atoms with Crippen molar-refractivity contribution in [3.8, 4) is 6.01 Å². The fraction of sp³-hybridized carbons (Fsp3) is 0.667. The molecule has 2 rings (SSSR count). The molecule has 0 aromatic carbocycles. The molecular weight excluding hydrogens is 252 g/mol. The second-order valence-electron chi connectivity index (χ2n) is 4.28. The Kier molecular flexibility index (Phi) is 6.75. The van der Waals surface area contributed by atoms with Crippen LogP contribution in [0.2, 0.25) is 0 Å². The van der Waals surface area contributed by atoms with Gasteiger partial charge in [0.25, 0.3) is 0 Å². The highest BCUT2D eigenvalue weighted by Gasteiger charge is 2.14. The van der Waals surface area contributed by atoms with Gasteiger partial charge in [0.1, 0.15) is 5.82 Å². The molecule has 1 fully saturated rings. The van der Waals surface area contributed by atoms with Crippen LogP contribution in [-0.2, 0) is 0 Å². The lowest BCUT2D eigenvalue weighted by molar-refractivity contribution is 0.205. The molecule has 1 atom stereocenters. The lowest BCUT2D eigenvalue weighted by atomic mass is 10.0. The van der Waals surface area contributed by atoms with Crippen LogP contribution < -0.4 is 15.4 Å². The van der Waals surface area contributed by atoms with Gasteiger partial charge in [0, 0.05) is 25.2 Å². The van der Waals surface area contributed by atoms with Gasteiger partial charge in [-0.25, -0.2) is 4.98 Å². The summed E-state index contributed by atoms with van der Waals surface area (Å²) in [4.78, 5) is 8.39. The number of halogens is 1. The van der Waals surface area contributed by atoms with Crippen molar-refractivity contribution in [3.63, 3.8) is 0 Å². The van der Waals surface area contributed by atoms with Crippen LogP contribution >= 0.6 is 12.4 Å². The fourth-order valence-electron chi connectivity index (χ4n) is 1.95. The first-order valence-corrected chi connectivity index (χ1v) is 6.29. The number of rotatable bonds is 5. The molecule has 5 nitrogen and oxygen atoms in total. The van der Waals surface area contributed by atoms with Crippen LogP contribution in [0.15, 0.2) is 12.3 Å². The maximum atomic E-state index is 5.63. The lowest BCUT2D eigenvalue weighted by Crippen LogP contribution is -2.33. The Morgan fingerprint density at radius 3 is 3.17 bits per heavy atom. The molecule has 0 aliphatic carbocycles. The molecule has 1 aromatic heterocycles. The summed E-state index contributed by atoms with van der Waals surface area (Å²) in [5.41, 5.74) is 0. The van der Waals surface area contributed by atoms with Gasteiger partial charge < -0.3 is 15.4 Å². The summed E-state index contributed by atoms with van der Waals surface area (Å²) in [5.74, 6) is 1.40. The standard InChI is InChI=1S/C12H20N4O.ClH/c1-2-14-11-5-7-15-12(16-11)17-9-10-4-3-6-13-8-10;/h5,7,10,13H,2-4,6,8-9H2,1H3,(H,14,15,16);1H. The molecule has 0 bridgehead atoms. The molecule has 102 valence electrons. The van der Waals surface area contributed by atoms with E-state index in [0.29, 0.717) is 18.5 Å². The Morgan fingerprint density at radius 1 is 1.56 bits per heavy atom. The Bertz CT molecular complexity index is 345. The van der Waals surface area contributed by atoms with Crippen LogP contribution in [0, 0.1) is 5.92 Å². The average Bonchev–Trinajstić information content (AvgIpc) is 2.39. The van der Waals surface area contributed by atoms with E-state index < -0.39 is 0 Å². The third-order valence-electron chi connectivity index (χ3n) is 2.84. The summed E-state index contributed by atoms with van der Waals surface area (Å²) >= 11 is 0. The van der Waals surface area contributed by atoms with E-state index in [1.165, 1.54) is 12.8 Å². The van der Waals surface area contributed by atoms with Crippen LogP contribution in [0.3, 0.4) is 0 Å². The SMILES string of the molecule is CCNc1ccnc(OCC2CCCNC2)n1.Cl. The quantitative estimate of drug-likeness (QED) is 0.855. The van der Waals surface area contributed by atoms with Crippen molar-refractivity contribution in [3.05, 3.63) is 12.3 Å². The molecule has 1 saturated heterocycles. The van der Waals surface area contributed by atoms with Gasteiger partial charge in [-0.1, -0.05) is 0 Å². The molecule has 2 heterocycles. The van der Waals surface area contributed by atoms with Crippen LogP contribution in [0.25, 0.3) is 0 Å². The maximum Gasteiger partial charge on any atom is 0.318 e. The first kappa shape index (κ1) is 15.0. The highest BCUT2D eigenvalue weighted by Crippen LogP contribution is 2.13. The number of ether oxygens (including phenoxy) is 1. The molecule has 2 N–H and O–H groups in total. The Labute approximate surface area is 114 Å². The van der Waals surface area contributed by atoms with E-state index in [1.54, 1.807) is 6.20 Å². The predicted molar refractivity (Wildman–Crippen MR) is 74.5 cm³/mol. The average molecular weight is 273 g/mol. The number of nitrogens with one attached hydrogen (secondary N) is 2. The van der Waals surface area contributed by atoms with Crippen molar-refractivity contribution in [1.29, 1.82) is 0 Å². The number of hydrogen-bond donors (Lipinski definition) is 2. The summed E-state index contributed by atoms with van der Waals surface area (Å²) in [6, 6.07) is 2.31. The maximum absolute atomic E-state index is 5.63. The first-order valence-electron chi connectivity index (χ1n) is 6.29. The highest BCUT2D eigenvalue weighted by molar-refractivity contribution is 5.85. The zero-order chi connectivity index (χ0) is 11.9. The molecule has 0 spiro atoms. The molecular formula is C12H21ClN4O. The Balaban J connectivity index is 0.00000162. The summed E-state index contributed by atoms with van der Waals surface area (Å²) in [5, 5.41) is 6.51. The fourth-order valence-corrected chi connectivity index (χ4v) is 1.95. The summed E-state index contributed by atoms with van der Waals surface area (Å²) < 4.78 is 5.63. The van der Waals surface area contributed by atoms with Crippen molar-refractivity contribution >= 4 is 18.2 Å². The topological polar surface area (TPSA) is 59.1 Å². The molecule has 1 aromatic rings.